The number of alkyl halides is 1. The number of hydrogen-bond acceptors (Lipinski definition) is 5. The van der Waals surface area contributed by atoms with Gasteiger partial charge in [-0.2, -0.15) is 0 Å². The summed E-state index contributed by atoms with van der Waals surface area (Å²) in [6.07, 6.45) is 0.181. The van der Waals surface area contributed by atoms with Crippen molar-refractivity contribution in [2.24, 2.45) is 11.5 Å². The minimum atomic E-state index is -1.42. The molecule has 0 saturated heterocycles. The van der Waals surface area contributed by atoms with Crippen LogP contribution in [0, 0.1) is 0 Å². The number of rotatable bonds is 9. The normalized spacial score (nSPS) is 12.1. The van der Waals surface area contributed by atoms with E-state index < -0.39 is 12.3 Å². The molecule has 7 heteroatoms. The van der Waals surface area contributed by atoms with Gasteiger partial charge in [0.05, 0.1) is 12.7 Å². The lowest BCUT2D eigenvalue weighted by Gasteiger charge is -2.14. The second-order valence-electron chi connectivity index (χ2n) is 7.91. The molecule has 5 N–H and O–H groups in total. The molecule has 4 rings (SSSR count). The molecule has 0 radical (unpaired) electrons. The lowest BCUT2D eigenvalue weighted by Crippen LogP contribution is -2.15. The standard InChI is InChI=1S/C26H25FN2O4/c27-24(29)12-16-2-1-3-19(8-16)22-10-18(9-21-6-7-32-26(21)22)15-33-23-11-17(14-28)4-5-20(23)13-25(30)31/h1-11,24H,12-15,28-29H2,(H,30,31)/t24-/m1/s1. The van der Waals surface area contributed by atoms with E-state index in [0.29, 0.717) is 17.9 Å². The highest BCUT2D eigenvalue weighted by atomic mass is 19.1. The summed E-state index contributed by atoms with van der Waals surface area (Å²) in [5.74, 6) is -0.441. The van der Waals surface area contributed by atoms with E-state index in [1.165, 1.54) is 0 Å². The Morgan fingerprint density at radius 3 is 2.67 bits per heavy atom. The van der Waals surface area contributed by atoms with Crippen molar-refractivity contribution < 1.29 is 23.4 Å². The highest BCUT2D eigenvalue weighted by Crippen LogP contribution is 2.32. The third-order valence-corrected chi connectivity index (χ3v) is 5.38. The van der Waals surface area contributed by atoms with E-state index in [-0.39, 0.29) is 19.4 Å². The summed E-state index contributed by atoms with van der Waals surface area (Å²) in [6, 6.07) is 18.6. The number of carboxylic acid groups (broad SMARTS) is 1. The molecule has 1 heterocycles. The van der Waals surface area contributed by atoms with Gasteiger partial charge < -0.3 is 25.7 Å². The summed E-state index contributed by atoms with van der Waals surface area (Å²) < 4.78 is 25.1. The Labute approximate surface area is 190 Å². The number of aliphatic carboxylic acids is 1. The van der Waals surface area contributed by atoms with Gasteiger partial charge in [0.15, 0.2) is 6.30 Å². The number of halogens is 1. The molecule has 0 fully saturated rings. The molecule has 1 atom stereocenters. The monoisotopic (exact) mass is 448 g/mol. The highest BCUT2D eigenvalue weighted by Gasteiger charge is 2.13. The molecule has 170 valence electrons. The van der Waals surface area contributed by atoms with Gasteiger partial charge in [-0.15, -0.1) is 0 Å². The van der Waals surface area contributed by atoms with Crippen LogP contribution in [0.4, 0.5) is 4.39 Å². The third-order valence-electron chi connectivity index (χ3n) is 5.38. The van der Waals surface area contributed by atoms with E-state index in [9.17, 15) is 14.3 Å². The van der Waals surface area contributed by atoms with Crippen LogP contribution in [0.2, 0.25) is 0 Å². The SMILES string of the molecule is NCc1ccc(CC(=O)O)c(OCc2cc(-c3cccc(C[C@@H](N)F)c3)c3occc3c2)c1. The zero-order valence-corrected chi connectivity index (χ0v) is 18.0. The Kier molecular flexibility index (Phi) is 6.72. The molecule has 3 aromatic carbocycles. The maximum Gasteiger partial charge on any atom is 0.307 e. The molecule has 0 aliphatic carbocycles. The summed E-state index contributed by atoms with van der Waals surface area (Å²) in [5, 5.41) is 10.1. The van der Waals surface area contributed by atoms with E-state index >= 15 is 0 Å². The number of carbonyl (C=O) groups is 1. The summed E-state index contributed by atoms with van der Waals surface area (Å²) >= 11 is 0. The predicted octanol–water partition coefficient (Wildman–Crippen LogP) is 4.56. The Morgan fingerprint density at radius 1 is 1.06 bits per heavy atom. The Balaban J connectivity index is 1.66. The van der Waals surface area contributed by atoms with Gasteiger partial charge in [0.2, 0.25) is 0 Å². The number of nitrogens with two attached hydrogens (primary N) is 2. The topological polar surface area (TPSA) is 112 Å². The van der Waals surface area contributed by atoms with Gasteiger partial charge in [0.1, 0.15) is 17.9 Å². The number of fused-ring (bicyclic) bond motifs is 1. The van der Waals surface area contributed by atoms with Crippen LogP contribution >= 0.6 is 0 Å². The van der Waals surface area contributed by atoms with Crippen molar-refractivity contribution in [2.75, 3.05) is 0 Å². The van der Waals surface area contributed by atoms with Crippen LogP contribution in [0.1, 0.15) is 22.3 Å². The van der Waals surface area contributed by atoms with Gasteiger partial charge >= 0.3 is 5.97 Å². The molecule has 1 aromatic heterocycles. The molecule has 0 unspecified atom stereocenters. The zero-order chi connectivity index (χ0) is 23.4. The first-order chi connectivity index (χ1) is 15.9. The molecule has 6 nitrogen and oxygen atoms in total. The van der Waals surface area contributed by atoms with Crippen molar-refractivity contribution in [1.29, 1.82) is 0 Å². The van der Waals surface area contributed by atoms with Crippen molar-refractivity contribution in [3.63, 3.8) is 0 Å². The summed E-state index contributed by atoms with van der Waals surface area (Å²) in [7, 11) is 0. The van der Waals surface area contributed by atoms with E-state index in [1.807, 2.05) is 42.5 Å². The van der Waals surface area contributed by atoms with Gasteiger partial charge in [-0.3, -0.25) is 4.79 Å². The number of ether oxygens (including phenoxy) is 1. The van der Waals surface area contributed by atoms with Crippen LogP contribution < -0.4 is 16.2 Å². The molecular weight excluding hydrogens is 423 g/mol. The fourth-order valence-electron chi connectivity index (χ4n) is 3.86. The first kappa shape index (κ1) is 22.5. The average molecular weight is 448 g/mol. The molecule has 0 aliphatic heterocycles. The third kappa shape index (κ3) is 5.39. The van der Waals surface area contributed by atoms with E-state index in [1.54, 1.807) is 24.5 Å². The Hall–Kier alpha value is -3.68. The number of furan rings is 1. The predicted molar refractivity (Wildman–Crippen MR) is 124 cm³/mol. The van der Waals surface area contributed by atoms with Gasteiger partial charge in [-0.25, -0.2) is 4.39 Å². The van der Waals surface area contributed by atoms with Crippen LogP contribution in [0.3, 0.4) is 0 Å². The zero-order valence-electron chi connectivity index (χ0n) is 18.0. The molecule has 0 spiro atoms. The van der Waals surface area contributed by atoms with Crippen LogP contribution in [0.15, 0.2) is 71.3 Å². The van der Waals surface area contributed by atoms with Crippen LogP contribution in [-0.2, 0) is 30.8 Å². The first-order valence-corrected chi connectivity index (χ1v) is 10.6. The largest absolute Gasteiger partial charge is 0.489 e. The maximum absolute atomic E-state index is 13.3. The van der Waals surface area contributed by atoms with Crippen LogP contribution in [0.5, 0.6) is 5.75 Å². The molecule has 4 aromatic rings. The Bertz CT molecular complexity index is 1280. The molecule has 0 saturated carbocycles. The quantitative estimate of drug-likeness (QED) is 0.324. The van der Waals surface area contributed by atoms with E-state index in [4.69, 9.17) is 20.6 Å². The fourth-order valence-corrected chi connectivity index (χ4v) is 3.86. The van der Waals surface area contributed by atoms with Crippen LogP contribution in [-0.4, -0.2) is 17.4 Å². The van der Waals surface area contributed by atoms with Crippen molar-refractivity contribution in [3.8, 4) is 16.9 Å². The van der Waals surface area contributed by atoms with E-state index in [2.05, 4.69) is 0 Å². The van der Waals surface area contributed by atoms with Gasteiger partial charge in [0.25, 0.3) is 0 Å². The summed E-state index contributed by atoms with van der Waals surface area (Å²) in [6.45, 7) is 0.553. The van der Waals surface area contributed by atoms with Gasteiger partial charge in [-0.1, -0.05) is 36.4 Å². The number of hydrogen-bond donors (Lipinski definition) is 3. The Morgan fingerprint density at radius 2 is 1.91 bits per heavy atom. The van der Waals surface area contributed by atoms with Gasteiger partial charge in [0, 0.05) is 29.5 Å². The van der Waals surface area contributed by atoms with Crippen molar-refractivity contribution in [1.82, 2.24) is 0 Å². The molecular formula is C26H25FN2O4. The number of benzene rings is 3. The van der Waals surface area contributed by atoms with E-state index in [0.717, 1.165) is 38.8 Å². The highest BCUT2D eigenvalue weighted by molar-refractivity contribution is 5.93. The molecule has 0 bridgehead atoms. The average Bonchev–Trinajstić information content (AvgIpc) is 3.26. The molecule has 33 heavy (non-hydrogen) atoms. The minimum Gasteiger partial charge on any atom is -0.489 e. The smallest absolute Gasteiger partial charge is 0.307 e. The second kappa shape index (κ2) is 9.85. The van der Waals surface area contributed by atoms with Crippen molar-refractivity contribution in [2.45, 2.75) is 32.3 Å². The lowest BCUT2D eigenvalue weighted by molar-refractivity contribution is -0.136. The van der Waals surface area contributed by atoms with Crippen molar-refractivity contribution >= 4 is 16.9 Å². The first-order valence-electron chi connectivity index (χ1n) is 10.6. The lowest BCUT2D eigenvalue weighted by atomic mass is 9.98. The van der Waals surface area contributed by atoms with Crippen LogP contribution in [0.25, 0.3) is 22.1 Å². The second-order valence-corrected chi connectivity index (χ2v) is 7.91. The summed E-state index contributed by atoms with van der Waals surface area (Å²) in [4.78, 5) is 11.2. The summed E-state index contributed by atoms with van der Waals surface area (Å²) in [5.41, 5.74) is 16.6. The molecule has 0 aliphatic rings. The van der Waals surface area contributed by atoms with Gasteiger partial charge in [-0.05, 0) is 46.5 Å². The molecule has 0 amide bonds. The minimum absolute atomic E-state index is 0.127. The fraction of sp³-hybridized carbons (Fsp3) is 0.192. The van der Waals surface area contributed by atoms with Crippen molar-refractivity contribution in [3.05, 3.63) is 89.2 Å². The maximum atomic E-state index is 13.3. The number of carboxylic acids is 1.